The third-order valence-electron chi connectivity index (χ3n) is 4.77. The van der Waals surface area contributed by atoms with Crippen molar-refractivity contribution in [2.45, 2.75) is 19.8 Å². The van der Waals surface area contributed by atoms with Gasteiger partial charge in [-0.1, -0.05) is 12.1 Å². The number of hydrogen-bond acceptors (Lipinski definition) is 5. The maximum absolute atomic E-state index is 12.0. The van der Waals surface area contributed by atoms with Gasteiger partial charge in [-0.25, -0.2) is 4.98 Å². The second-order valence-corrected chi connectivity index (χ2v) is 6.83. The van der Waals surface area contributed by atoms with Crippen LogP contribution in [-0.2, 0) is 4.79 Å². The third-order valence-corrected chi connectivity index (χ3v) is 4.77. The van der Waals surface area contributed by atoms with Crippen molar-refractivity contribution < 1.29 is 9.53 Å². The SMILES string of the molecule is Cc1cccc(OCC(=O)NCC2CCN(c3ncccc3C#N)CC2)c1. The number of anilines is 1. The Labute approximate surface area is 159 Å². The number of hydrogen-bond donors (Lipinski definition) is 1. The molecule has 6 heteroatoms. The average molecular weight is 364 g/mol. The lowest BCUT2D eigenvalue weighted by Gasteiger charge is -2.33. The van der Waals surface area contributed by atoms with Gasteiger partial charge in [-0.05, 0) is 55.5 Å². The van der Waals surface area contributed by atoms with Crippen molar-refractivity contribution in [2.75, 3.05) is 31.1 Å². The number of aryl methyl sites for hydroxylation is 1. The van der Waals surface area contributed by atoms with Crippen molar-refractivity contribution in [1.82, 2.24) is 10.3 Å². The fourth-order valence-corrected chi connectivity index (χ4v) is 3.25. The van der Waals surface area contributed by atoms with Crippen LogP contribution in [0.5, 0.6) is 5.75 Å². The van der Waals surface area contributed by atoms with Crippen molar-refractivity contribution >= 4 is 11.7 Å². The van der Waals surface area contributed by atoms with E-state index in [2.05, 4.69) is 21.3 Å². The van der Waals surface area contributed by atoms with Crippen LogP contribution in [0.15, 0.2) is 42.6 Å². The Hall–Kier alpha value is -3.07. The fourth-order valence-electron chi connectivity index (χ4n) is 3.25. The molecule has 6 nitrogen and oxygen atoms in total. The number of pyridine rings is 1. The summed E-state index contributed by atoms with van der Waals surface area (Å²) in [4.78, 5) is 18.5. The van der Waals surface area contributed by atoms with Crippen LogP contribution in [0.1, 0.15) is 24.0 Å². The van der Waals surface area contributed by atoms with Crippen molar-refractivity contribution in [3.8, 4) is 11.8 Å². The van der Waals surface area contributed by atoms with E-state index in [0.29, 0.717) is 23.8 Å². The second-order valence-electron chi connectivity index (χ2n) is 6.83. The number of amides is 1. The summed E-state index contributed by atoms with van der Waals surface area (Å²) >= 11 is 0. The first kappa shape index (κ1) is 18.7. The highest BCUT2D eigenvalue weighted by atomic mass is 16.5. The predicted molar refractivity (Wildman–Crippen MR) is 104 cm³/mol. The van der Waals surface area contributed by atoms with Gasteiger partial charge in [-0.2, -0.15) is 5.26 Å². The normalized spacial score (nSPS) is 14.4. The largest absolute Gasteiger partial charge is 0.484 e. The quantitative estimate of drug-likeness (QED) is 0.853. The van der Waals surface area contributed by atoms with Gasteiger partial charge in [0, 0.05) is 25.8 Å². The topological polar surface area (TPSA) is 78.2 Å². The molecule has 1 fully saturated rings. The molecule has 0 bridgehead atoms. The Morgan fingerprint density at radius 2 is 2.15 bits per heavy atom. The minimum Gasteiger partial charge on any atom is -0.484 e. The zero-order valence-electron chi connectivity index (χ0n) is 15.5. The second kappa shape index (κ2) is 9.04. The van der Waals surface area contributed by atoms with E-state index in [1.165, 1.54) is 0 Å². The van der Waals surface area contributed by atoms with Gasteiger partial charge in [-0.15, -0.1) is 0 Å². The minimum atomic E-state index is -0.101. The molecule has 2 aromatic rings. The molecule has 1 aromatic heterocycles. The Morgan fingerprint density at radius 3 is 2.89 bits per heavy atom. The highest BCUT2D eigenvalue weighted by molar-refractivity contribution is 5.77. The number of piperidine rings is 1. The lowest BCUT2D eigenvalue weighted by Crippen LogP contribution is -2.40. The van der Waals surface area contributed by atoms with Crippen LogP contribution in [0.3, 0.4) is 0 Å². The van der Waals surface area contributed by atoms with Crippen LogP contribution in [0.25, 0.3) is 0 Å². The summed E-state index contributed by atoms with van der Waals surface area (Å²) in [6, 6.07) is 13.4. The van der Waals surface area contributed by atoms with Crippen LogP contribution in [0, 0.1) is 24.2 Å². The van der Waals surface area contributed by atoms with Gasteiger partial charge in [-0.3, -0.25) is 4.79 Å². The first-order chi connectivity index (χ1) is 13.2. The molecule has 0 saturated carbocycles. The summed E-state index contributed by atoms with van der Waals surface area (Å²) in [6.07, 6.45) is 3.64. The maximum Gasteiger partial charge on any atom is 0.257 e. The van der Waals surface area contributed by atoms with Crippen LogP contribution >= 0.6 is 0 Å². The summed E-state index contributed by atoms with van der Waals surface area (Å²) in [7, 11) is 0. The predicted octanol–water partition coefficient (Wildman–Crippen LogP) is 2.67. The molecular formula is C21H24N4O2. The molecule has 0 spiro atoms. The zero-order chi connectivity index (χ0) is 19.1. The Kier molecular flexibility index (Phi) is 6.26. The molecule has 27 heavy (non-hydrogen) atoms. The number of carbonyl (C=O) groups is 1. The molecule has 2 heterocycles. The minimum absolute atomic E-state index is 0.0295. The van der Waals surface area contributed by atoms with Crippen molar-refractivity contribution in [2.24, 2.45) is 5.92 Å². The molecule has 0 radical (unpaired) electrons. The van der Waals surface area contributed by atoms with E-state index in [1.54, 1.807) is 18.3 Å². The van der Waals surface area contributed by atoms with Crippen molar-refractivity contribution in [3.05, 3.63) is 53.7 Å². The lowest BCUT2D eigenvalue weighted by atomic mass is 9.96. The fraction of sp³-hybridized carbons (Fsp3) is 0.381. The van der Waals surface area contributed by atoms with Gasteiger partial charge in [0.2, 0.25) is 0 Å². The molecule has 1 saturated heterocycles. The first-order valence-electron chi connectivity index (χ1n) is 9.22. The molecular weight excluding hydrogens is 340 g/mol. The Morgan fingerprint density at radius 1 is 1.33 bits per heavy atom. The van der Waals surface area contributed by atoms with Gasteiger partial charge < -0.3 is 15.0 Å². The van der Waals surface area contributed by atoms with Gasteiger partial charge in [0.1, 0.15) is 17.6 Å². The van der Waals surface area contributed by atoms with Crippen LogP contribution in [-0.4, -0.2) is 37.1 Å². The summed E-state index contributed by atoms with van der Waals surface area (Å²) in [5.41, 5.74) is 1.71. The number of nitriles is 1. The van der Waals surface area contributed by atoms with E-state index in [1.807, 2.05) is 31.2 Å². The van der Waals surface area contributed by atoms with Crippen LogP contribution in [0.4, 0.5) is 5.82 Å². The van der Waals surface area contributed by atoms with Crippen molar-refractivity contribution in [1.29, 1.82) is 5.26 Å². The lowest BCUT2D eigenvalue weighted by molar-refractivity contribution is -0.123. The third kappa shape index (κ3) is 5.20. The molecule has 140 valence electrons. The van der Waals surface area contributed by atoms with Gasteiger partial charge >= 0.3 is 0 Å². The molecule has 1 aliphatic rings. The number of carbonyl (C=O) groups excluding carboxylic acids is 1. The van der Waals surface area contributed by atoms with E-state index >= 15 is 0 Å². The molecule has 1 amide bonds. The monoisotopic (exact) mass is 364 g/mol. The van der Waals surface area contributed by atoms with Crippen molar-refractivity contribution in [3.63, 3.8) is 0 Å². The first-order valence-corrected chi connectivity index (χ1v) is 9.22. The van der Waals surface area contributed by atoms with Gasteiger partial charge in [0.05, 0.1) is 5.56 Å². The molecule has 0 atom stereocenters. The number of nitrogens with zero attached hydrogens (tertiary/aromatic N) is 3. The van der Waals surface area contributed by atoms with E-state index < -0.39 is 0 Å². The number of ether oxygens (including phenoxy) is 1. The summed E-state index contributed by atoms with van der Waals surface area (Å²) in [5, 5.41) is 12.2. The number of nitrogens with one attached hydrogen (secondary N) is 1. The Bertz CT molecular complexity index is 823. The molecule has 1 aromatic carbocycles. The van der Waals surface area contributed by atoms with Gasteiger partial charge in [0.25, 0.3) is 5.91 Å². The number of aromatic nitrogens is 1. The Balaban J connectivity index is 1.40. The standard InChI is InChI=1S/C21H24N4O2/c1-16-4-2-6-19(12-16)27-15-20(26)24-14-17-7-10-25(11-8-17)21-18(13-22)5-3-9-23-21/h2-6,9,12,17H,7-8,10-11,14-15H2,1H3,(H,24,26). The summed E-state index contributed by atoms with van der Waals surface area (Å²) in [5.74, 6) is 1.80. The molecule has 0 aliphatic carbocycles. The highest BCUT2D eigenvalue weighted by Gasteiger charge is 2.22. The van der Waals surface area contributed by atoms with E-state index in [4.69, 9.17) is 4.74 Å². The van der Waals surface area contributed by atoms with Crippen LogP contribution in [0.2, 0.25) is 0 Å². The molecule has 0 unspecified atom stereocenters. The molecule has 1 aliphatic heterocycles. The number of benzene rings is 1. The summed E-state index contributed by atoms with van der Waals surface area (Å²) < 4.78 is 5.53. The van der Waals surface area contributed by atoms with Gasteiger partial charge in [0.15, 0.2) is 6.61 Å². The zero-order valence-corrected chi connectivity index (χ0v) is 15.5. The smallest absolute Gasteiger partial charge is 0.257 e. The highest BCUT2D eigenvalue weighted by Crippen LogP contribution is 2.23. The average Bonchev–Trinajstić information content (AvgIpc) is 2.71. The summed E-state index contributed by atoms with van der Waals surface area (Å²) in [6.45, 7) is 4.35. The van der Waals surface area contributed by atoms with Crippen LogP contribution < -0.4 is 15.0 Å². The maximum atomic E-state index is 12.0. The molecule has 3 rings (SSSR count). The number of rotatable bonds is 6. The molecule has 1 N–H and O–H groups in total. The van der Waals surface area contributed by atoms with E-state index in [-0.39, 0.29) is 12.5 Å². The van der Waals surface area contributed by atoms with E-state index in [9.17, 15) is 10.1 Å². The van der Waals surface area contributed by atoms with E-state index in [0.717, 1.165) is 37.3 Å².